The highest BCUT2D eigenvalue weighted by Crippen LogP contribution is 2.25. The smallest absolute Gasteiger partial charge is 0.234 e. The number of carbonyl (C=O) groups is 1. The summed E-state index contributed by atoms with van der Waals surface area (Å²) in [5.41, 5.74) is 3.49. The minimum atomic E-state index is -0.142. The molecule has 8 heteroatoms. The number of nitrogens with one attached hydrogen (secondary N) is 2. The Balaban J connectivity index is 1.51. The molecule has 126 valence electrons. The first-order valence-electron chi connectivity index (χ1n) is 7.62. The lowest BCUT2D eigenvalue weighted by atomic mass is 10.2. The number of para-hydroxylation sites is 2. The van der Waals surface area contributed by atoms with Crippen LogP contribution in [0.4, 0.5) is 5.69 Å². The molecule has 2 aromatic carbocycles. The molecule has 1 amide bonds. The van der Waals surface area contributed by atoms with Crippen molar-refractivity contribution in [1.82, 2.24) is 19.6 Å². The van der Waals surface area contributed by atoms with Crippen LogP contribution in [0, 0.1) is 6.92 Å². The first-order chi connectivity index (χ1) is 12.1. The number of benzene rings is 2. The molecule has 0 radical (unpaired) electrons. The average molecular weight is 372 g/mol. The highest BCUT2D eigenvalue weighted by molar-refractivity contribution is 7.99. The molecular weight excluding hydrogens is 358 g/mol. The zero-order chi connectivity index (χ0) is 17.4. The fourth-order valence-corrected chi connectivity index (χ4v) is 3.62. The van der Waals surface area contributed by atoms with Gasteiger partial charge in [0.25, 0.3) is 0 Å². The molecule has 4 aromatic rings. The molecule has 0 aliphatic carbocycles. The van der Waals surface area contributed by atoms with Gasteiger partial charge in [0.05, 0.1) is 27.5 Å². The molecule has 0 saturated carbocycles. The molecule has 0 aliphatic heterocycles. The number of halogens is 1. The number of thioether (sulfide) groups is 1. The van der Waals surface area contributed by atoms with Gasteiger partial charge in [-0.1, -0.05) is 41.6 Å². The number of H-pyrrole nitrogens is 1. The number of nitrogens with zero attached hydrogens (tertiary/aromatic N) is 3. The van der Waals surface area contributed by atoms with Crippen molar-refractivity contribution in [3.05, 3.63) is 53.1 Å². The summed E-state index contributed by atoms with van der Waals surface area (Å²) >= 11 is 7.49. The SMILES string of the molecule is Cc1ccc(NC(=O)CSc2n[nH]c3nc4ccccc4n23)c(Cl)c1. The van der Waals surface area contributed by atoms with Crippen molar-refractivity contribution in [2.75, 3.05) is 11.1 Å². The van der Waals surface area contributed by atoms with Crippen LogP contribution in [0.25, 0.3) is 16.8 Å². The van der Waals surface area contributed by atoms with Gasteiger partial charge in [-0.05, 0) is 36.8 Å². The molecule has 0 fully saturated rings. The van der Waals surface area contributed by atoms with E-state index in [1.165, 1.54) is 11.8 Å². The van der Waals surface area contributed by atoms with Crippen molar-refractivity contribution in [2.24, 2.45) is 0 Å². The topological polar surface area (TPSA) is 75.1 Å². The number of rotatable bonds is 4. The predicted molar refractivity (Wildman–Crippen MR) is 100 cm³/mol. The van der Waals surface area contributed by atoms with Gasteiger partial charge in [-0.15, -0.1) is 5.10 Å². The Morgan fingerprint density at radius 3 is 3.00 bits per heavy atom. The maximum Gasteiger partial charge on any atom is 0.234 e. The minimum absolute atomic E-state index is 0.142. The van der Waals surface area contributed by atoms with Crippen LogP contribution in [0.3, 0.4) is 0 Å². The zero-order valence-electron chi connectivity index (χ0n) is 13.3. The van der Waals surface area contributed by atoms with Gasteiger partial charge >= 0.3 is 0 Å². The minimum Gasteiger partial charge on any atom is -0.324 e. The van der Waals surface area contributed by atoms with E-state index in [4.69, 9.17) is 11.6 Å². The van der Waals surface area contributed by atoms with Crippen molar-refractivity contribution in [3.8, 4) is 0 Å². The van der Waals surface area contributed by atoms with Crippen LogP contribution in [-0.2, 0) is 4.79 Å². The van der Waals surface area contributed by atoms with E-state index in [2.05, 4.69) is 20.5 Å². The lowest BCUT2D eigenvalue weighted by Crippen LogP contribution is -2.14. The van der Waals surface area contributed by atoms with E-state index in [0.29, 0.717) is 21.6 Å². The van der Waals surface area contributed by atoms with Gasteiger partial charge < -0.3 is 5.32 Å². The molecule has 2 N–H and O–H groups in total. The van der Waals surface area contributed by atoms with Crippen molar-refractivity contribution in [1.29, 1.82) is 0 Å². The maximum atomic E-state index is 12.2. The van der Waals surface area contributed by atoms with E-state index in [1.807, 2.05) is 47.7 Å². The third-order valence-electron chi connectivity index (χ3n) is 3.73. The fourth-order valence-electron chi connectivity index (χ4n) is 2.58. The van der Waals surface area contributed by atoms with Gasteiger partial charge in [-0.3, -0.25) is 9.20 Å². The van der Waals surface area contributed by atoms with Gasteiger partial charge in [0.15, 0.2) is 5.16 Å². The van der Waals surface area contributed by atoms with E-state index in [-0.39, 0.29) is 11.7 Å². The molecule has 25 heavy (non-hydrogen) atoms. The number of imidazole rings is 1. The number of aromatic nitrogens is 4. The van der Waals surface area contributed by atoms with Gasteiger partial charge in [0, 0.05) is 0 Å². The Morgan fingerprint density at radius 1 is 1.32 bits per heavy atom. The molecule has 2 aromatic heterocycles. The highest BCUT2D eigenvalue weighted by Gasteiger charge is 2.14. The second-order valence-corrected chi connectivity index (χ2v) is 6.94. The molecule has 4 rings (SSSR count). The molecule has 0 unspecified atom stereocenters. The van der Waals surface area contributed by atoms with E-state index in [9.17, 15) is 4.79 Å². The quantitative estimate of drug-likeness (QED) is 0.533. The van der Waals surface area contributed by atoms with E-state index in [0.717, 1.165) is 16.6 Å². The highest BCUT2D eigenvalue weighted by atomic mass is 35.5. The Hall–Kier alpha value is -2.51. The van der Waals surface area contributed by atoms with Crippen molar-refractivity contribution in [3.63, 3.8) is 0 Å². The zero-order valence-corrected chi connectivity index (χ0v) is 14.9. The van der Waals surface area contributed by atoms with Crippen LogP contribution in [0.2, 0.25) is 5.02 Å². The summed E-state index contributed by atoms with van der Waals surface area (Å²) in [5.74, 6) is 0.735. The van der Waals surface area contributed by atoms with Crippen LogP contribution in [0.15, 0.2) is 47.6 Å². The predicted octanol–water partition coefficient (Wildman–Crippen LogP) is 3.90. The first-order valence-corrected chi connectivity index (χ1v) is 8.98. The van der Waals surface area contributed by atoms with Crippen molar-refractivity contribution in [2.45, 2.75) is 12.1 Å². The lowest BCUT2D eigenvalue weighted by Gasteiger charge is -2.07. The van der Waals surface area contributed by atoms with Gasteiger partial charge in [-0.25, -0.2) is 10.1 Å². The standard InChI is InChI=1S/C17H14ClN5OS/c1-10-6-7-12(11(18)8-10)19-15(24)9-25-17-22-21-16-20-13-4-2-3-5-14(13)23(16)17/h2-8H,9H2,1H3,(H,19,24)(H,20,21). The Morgan fingerprint density at radius 2 is 2.16 bits per heavy atom. The summed E-state index contributed by atoms with van der Waals surface area (Å²) < 4.78 is 1.91. The Bertz CT molecular complexity index is 1090. The number of carbonyl (C=O) groups excluding carboxylic acids is 1. The summed E-state index contributed by atoms with van der Waals surface area (Å²) in [6.45, 7) is 1.95. The van der Waals surface area contributed by atoms with Crippen LogP contribution in [0.1, 0.15) is 5.56 Å². The van der Waals surface area contributed by atoms with Crippen LogP contribution in [-0.4, -0.2) is 31.2 Å². The second-order valence-electron chi connectivity index (χ2n) is 5.59. The van der Waals surface area contributed by atoms with Crippen molar-refractivity contribution < 1.29 is 4.79 Å². The second kappa shape index (κ2) is 6.42. The summed E-state index contributed by atoms with van der Waals surface area (Å²) in [4.78, 5) is 16.7. The molecule has 2 heterocycles. The van der Waals surface area contributed by atoms with Crippen LogP contribution >= 0.6 is 23.4 Å². The first kappa shape index (κ1) is 16.0. The van der Waals surface area contributed by atoms with E-state index >= 15 is 0 Å². The Kier molecular flexibility index (Phi) is 4.10. The van der Waals surface area contributed by atoms with E-state index < -0.39 is 0 Å². The summed E-state index contributed by atoms with van der Waals surface area (Å²) in [6.07, 6.45) is 0. The third-order valence-corrected chi connectivity index (χ3v) is 4.99. The third kappa shape index (κ3) is 3.08. The molecule has 0 spiro atoms. The van der Waals surface area contributed by atoms with Crippen molar-refractivity contribution >= 4 is 51.8 Å². The molecular formula is C17H14ClN5OS. The molecule has 0 bridgehead atoms. The average Bonchev–Trinajstić information content (AvgIpc) is 3.15. The van der Waals surface area contributed by atoms with Gasteiger partial charge in [0.1, 0.15) is 0 Å². The maximum absolute atomic E-state index is 12.2. The number of fused-ring (bicyclic) bond motifs is 3. The number of aromatic amines is 1. The molecule has 0 saturated heterocycles. The van der Waals surface area contributed by atoms with Crippen LogP contribution in [0.5, 0.6) is 0 Å². The summed E-state index contributed by atoms with van der Waals surface area (Å²) in [6, 6.07) is 13.3. The van der Waals surface area contributed by atoms with Gasteiger partial charge in [0.2, 0.25) is 11.7 Å². The Labute approximate surface area is 152 Å². The fraction of sp³-hybridized carbons (Fsp3) is 0.118. The molecule has 0 atom stereocenters. The number of aryl methyl sites for hydroxylation is 1. The summed E-state index contributed by atoms with van der Waals surface area (Å²) in [5, 5.41) is 11.2. The van der Waals surface area contributed by atoms with Gasteiger partial charge in [-0.2, -0.15) is 0 Å². The largest absolute Gasteiger partial charge is 0.324 e. The lowest BCUT2D eigenvalue weighted by molar-refractivity contribution is -0.113. The monoisotopic (exact) mass is 371 g/mol. The number of anilines is 1. The van der Waals surface area contributed by atoms with Crippen LogP contribution < -0.4 is 5.32 Å². The summed E-state index contributed by atoms with van der Waals surface area (Å²) in [7, 11) is 0. The normalized spacial score (nSPS) is 11.3. The number of hydrogen-bond acceptors (Lipinski definition) is 4. The molecule has 6 nitrogen and oxygen atoms in total. The molecule has 0 aliphatic rings. The number of hydrogen-bond donors (Lipinski definition) is 2. The van der Waals surface area contributed by atoms with E-state index in [1.54, 1.807) is 6.07 Å². The number of amides is 1.